The van der Waals surface area contributed by atoms with Gasteiger partial charge in [-0.15, -0.1) is 0 Å². The fourth-order valence-electron chi connectivity index (χ4n) is 5.17. The molecule has 2 aromatic carbocycles. The SMILES string of the molecule is CN1CCC(c2ccc(C(=O)N=C(N)c3nc(Sc4cc(Cl)cc(Cl)c4)ccc3N)c(NC3CCOCC3)c2)CC1. The summed E-state index contributed by atoms with van der Waals surface area (Å²) in [5.74, 6) is -0.0406. The molecule has 0 bridgehead atoms. The van der Waals surface area contributed by atoms with Gasteiger partial charge in [0.05, 0.1) is 11.3 Å². The van der Waals surface area contributed by atoms with E-state index in [0.717, 1.165) is 49.4 Å². The van der Waals surface area contributed by atoms with Gasteiger partial charge < -0.3 is 26.4 Å². The minimum absolute atomic E-state index is 0.0458. The van der Waals surface area contributed by atoms with Crippen LogP contribution in [0.2, 0.25) is 10.0 Å². The molecule has 3 heterocycles. The normalized spacial score (nSPS) is 17.5. The minimum atomic E-state index is -0.451. The summed E-state index contributed by atoms with van der Waals surface area (Å²) in [5.41, 5.74) is 15.6. The number of piperidine rings is 1. The standard InChI is InChI=1S/C30H34Cl2N6O2S/c1-38-10-6-18(7-11-38)19-2-3-24(26(14-19)35-22-8-12-40-13-9-22)30(39)37-29(34)28-25(33)4-5-27(36-28)41-23-16-20(31)15-21(32)17-23/h2-5,14-18,22,35H,6-13,33H2,1H3,(H2,34,37,39). The van der Waals surface area contributed by atoms with Crippen LogP contribution in [0.5, 0.6) is 0 Å². The summed E-state index contributed by atoms with van der Waals surface area (Å²) in [7, 11) is 2.15. The van der Waals surface area contributed by atoms with Gasteiger partial charge in [-0.25, -0.2) is 4.98 Å². The monoisotopic (exact) mass is 612 g/mol. The van der Waals surface area contributed by atoms with Crippen molar-refractivity contribution in [1.29, 1.82) is 0 Å². The maximum absolute atomic E-state index is 13.5. The summed E-state index contributed by atoms with van der Waals surface area (Å²) in [5, 5.41) is 5.26. The van der Waals surface area contributed by atoms with E-state index in [1.165, 1.54) is 17.3 Å². The smallest absolute Gasteiger partial charge is 0.281 e. The zero-order valence-corrected chi connectivity index (χ0v) is 25.2. The fourth-order valence-corrected chi connectivity index (χ4v) is 6.71. The molecular formula is C30H34Cl2N6O2S. The van der Waals surface area contributed by atoms with E-state index >= 15 is 0 Å². The van der Waals surface area contributed by atoms with Gasteiger partial charge in [0.2, 0.25) is 0 Å². The highest BCUT2D eigenvalue weighted by Gasteiger charge is 2.23. The number of aromatic nitrogens is 1. The van der Waals surface area contributed by atoms with Gasteiger partial charge in [0, 0.05) is 39.9 Å². The molecule has 0 atom stereocenters. The van der Waals surface area contributed by atoms with Crippen LogP contribution in [-0.2, 0) is 4.74 Å². The molecule has 0 spiro atoms. The number of benzene rings is 2. The van der Waals surface area contributed by atoms with Gasteiger partial charge in [0.25, 0.3) is 5.91 Å². The number of anilines is 2. The highest BCUT2D eigenvalue weighted by Crippen LogP contribution is 2.33. The first-order chi connectivity index (χ1) is 19.7. The molecule has 1 aromatic heterocycles. The van der Waals surface area contributed by atoms with Crippen LogP contribution < -0.4 is 16.8 Å². The third-order valence-corrected chi connectivity index (χ3v) is 8.81. The number of halogens is 2. The van der Waals surface area contributed by atoms with E-state index in [2.05, 4.69) is 33.3 Å². The average Bonchev–Trinajstić information content (AvgIpc) is 2.94. The van der Waals surface area contributed by atoms with Crippen LogP contribution in [0.15, 0.2) is 63.4 Å². The largest absolute Gasteiger partial charge is 0.397 e. The van der Waals surface area contributed by atoms with Crippen molar-refractivity contribution in [2.24, 2.45) is 10.7 Å². The number of carbonyl (C=O) groups is 1. The van der Waals surface area contributed by atoms with Crippen molar-refractivity contribution < 1.29 is 9.53 Å². The third-order valence-electron chi connectivity index (χ3n) is 7.47. The number of nitrogen functional groups attached to an aromatic ring is 1. The van der Waals surface area contributed by atoms with Crippen LogP contribution in [0.4, 0.5) is 11.4 Å². The lowest BCUT2D eigenvalue weighted by atomic mass is 9.88. The Balaban J connectivity index is 1.41. The number of rotatable bonds is 7. The number of pyridine rings is 1. The molecule has 5 rings (SSSR count). The molecular weight excluding hydrogens is 579 g/mol. The van der Waals surface area contributed by atoms with Crippen molar-refractivity contribution >= 4 is 58.1 Å². The molecule has 0 unspecified atom stereocenters. The van der Waals surface area contributed by atoms with E-state index in [-0.39, 0.29) is 17.6 Å². The van der Waals surface area contributed by atoms with Crippen LogP contribution in [-0.4, -0.2) is 61.0 Å². The lowest BCUT2D eigenvalue weighted by Crippen LogP contribution is -2.30. The van der Waals surface area contributed by atoms with Gasteiger partial charge in [-0.3, -0.25) is 4.79 Å². The first-order valence-electron chi connectivity index (χ1n) is 13.7. The van der Waals surface area contributed by atoms with Crippen molar-refractivity contribution in [3.8, 4) is 0 Å². The number of nitrogens with zero attached hydrogens (tertiary/aromatic N) is 3. The molecule has 2 aliphatic heterocycles. The molecule has 2 saturated heterocycles. The van der Waals surface area contributed by atoms with Crippen LogP contribution in [0.3, 0.4) is 0 Å². The Morgan fingerprint density at radius 3 is 2.46 bits per heavy atom. The Morgan fingerprint density at radius 2 is 1.76 bits per heavy atom. The van der Waals surface area contributed by atoms with Gasteiger partial charge in [-0.2, -0.15) is 4.99 Å². The fraction of sp³-hybridized carbons (Fsp3) is 0.367. The molecule has 11 heteroatoms. The number of amides is 1. The van der Waals surface area contributed by atoms with Gasteiger partial charge in [0.1, 0.15) is 10.7 Å². The van der Waals surface area contributed by atoms with E-state index in [0.29, 0.717) is 45.5 Å². The van der Waals surface area contributed by atoms with Crippen LogP contribution in [0.1, 0.15) is 53.2 Å². The number of carbonyl (C=O) groups excluding carboxylic acids is 1. The number of aliphatic imine (C=N–C) groups is 1. The summed E-state index contributed by atoms with van der Waals surface area (Å²) >= 11 is 13.6. The third kappa shape index (κ3) is 7.72. The highest BCUT2D eigenvalue weighted by atomic mass is 35.5. The summed E-state index contributed by atoms with van der Waals surface area (Å²) in [4.78, 5) is 25.5. The molecule has 8 nitrogen and oxygen atoms in total. The van der Waals surface area contributed by atoms with Crippen molar-refractivity contribution in [2.75, 3.05) is 44.4 Å². The second kappa shape index (κ2) is 13.4. The first-order valence-corrected chi connectivity index (χ1v) is 15.3. The van der Waals surface area contributed by atoms with E-state index in [9.17, 15) is 4.79 Å². The number of nitrogens with one attached hydrogen (secondary N) is 1. The van der Waals surface area contributed by atoms with Gasteiger partial charge >= 0.3 is 0 Å². The summed E-state index contributed by atoms with van der Waals surface area (Å²) in [6.07, 6.45) is 3.93. The highest BCUT2D eigenvalue weighted by molar-refractivity contribution is 7.99. The number of amidine groups is 1. The van der Waals surface area contributed by atoms with Crippen molar-refractivity contribution in [1.82, 2.24) is 9.88 Å². The number of hydrogen-bond donors (Lipinski definition) is 3. The Hall–Kier alpha value is -2.82. The molecule has 0 saturated carbocycles. The number of likely N-dealkylation sites (tertiary alicyclic amines) is 1. The first kappa shape index (κ1) is 29.7. The number of ether oxygens (including phenoxy) is 1. The molecule has 1 amide bonds. The number of nitrogens with two attached hydrogens (primary N) is 2. The van der Waals surface area contributed by atoms with Crippen LogP contribution in [0, 0.1) is 0 Å². The van der Waals surface area contributed by atoms with Crippen LogP contribution >= 0.6 is 35.0 Å². The zero-order chi connectivity index (χ0) is 28.9. The van der Waals surface area contributed by atoms with Gasteiger partial charge in [0.15, 0.2) is 5.84 Å². The molecule has 3 aromatic rings. The van der Waals surface area contributed by atoms with Crippen LogP contribution in [0.25, 0.3) is 0 Å². The number of hydrogen-bond acceptors (Lipinski definition) is 7. The molecule has 0 aliphatic carbocycles. The second-order valence-electron chi connectivity index (χ2n) is 10.5. The Bertz CT molecular complexity index is 1420. The molecule has 0 radical (unpaired) electrons. The molecule has 5 N–H and O–H groups in total. The van der Waals surface area contributed by atoms with Gasteiger partial charge in [-0.1, -0.05) is 41.0 Å². The Kier molecular flexibility index (Phi) is 9.72. The van der Waals surface area contributed by atoms with E-state index in [1.54, 1.807) is 30.3 Å². The maximum Gasteiger partial charge on any atom is 0.281 e. The van der Waals surface area contributed by atoms with Crippen molar-refractivity contribution in [3.63, 3.8) is 0 Å². The van der Waals surface area contributed by atoms with E-state index < -0.39 is 5.91 Å². The predicted molar refractivity (Wildman–Crippen MR) is 168 cm³/mol. The van der Waals surface area contributed by atoms with Crippen molar-refractivity contribution in [3.05, 3.63) is 75.4 Å². The topological polar surface area (TPSA) is 119 Å². The summed E-state index contributed by atoms with van der Waals surface area (Å²) < 4.78 is 5.53. The van der Waals surface area contributed by atoms with E-state index in [4.69, 9.17) is 39.4 Å². The lowest BCUT2D eigenvalue weighted by molar-refractivity contribution is 0.0904. The summed E-state index contributed by atoms with van der Waals surface area (Å²) in [6.45, 7) is 3.51. The van der Waals surface area contributed by atoms with Gasteiger partial charge in [-0.05, 0) is 99.8 Å². The minimum Gasteiger partial charge on any atom is -0.397 e. The van der Waals surface area contributed by atoms with Crippen molar-refractivity contribution in [2.45, 2.75) is 47.6 Å². The Labute approximate surface area is 254 Å². The Morgan fingerprint density at radius 1 is 1.05 bits per heavy atom. The summed E-state index contributed by atoms with van der Waals surface area (Å²) in [6, 6.07) is 14.9. The zero-order valence-electron chi connectivity index (χ0n) is 22.9. The predicted octanol–water partition coefficient (Wildman–Crippen LogP) is 6.07. The molecule has 216 valence electrons. The second-order valence-corrected chi connectivity index (χ2v) is 12.5. The quantitative estimate of drug-likeness (QED) is 0.217. The average molecular weight is 614 g/mol. The molecule has 2 fully saturated rings. The molecule has 2 aliphatic rings. The maximum atomic E-state index is 13.5. The molecule has 41 heavy (non-hydrogen) atoms. The van der Waals surface area contributed by atoms with E-state index in [1.807, 2.05) is 12.1 Å². The lowest BCUT2D eigenvalue weighted by Gasteiger charge is -2.30.